The van der Waals surface area contributed by atoms with Crippen molar-refractivity contribution in [2.45, 2.75) is 25.9 Å². The molecule has 0 aliphatic carbocycles. The van der Waals surface area contributed by atoms with Gasteiger partial charge in [-0.3, -0.25) is 4.79 Å². The van der Waals surface area contributed by atoms with Crippen molar-refractivity contribution in [3.8, 4) is 0 Å². The SMILES string of the molecule is CC(C)(NC(=O)c1csc(CN)n1)c1nccs1. The Morgan fingerprint density at radius 1 is 1.50 bits per heavy atom. The average molecular weight is 282 g/mol. The smallest absolute Gasteiger partial charge is 0.271 e. The minimum absolute atomic E-state index is 0.203. The van der Waals surface area contributed by atoms with E-state index in [1.807, 2.05) is 19.2 Å². The third-order valence-electron chi connectivity index (χ3n) is 2.35. The number of thiazole rings is 2. The molecule has 0 atom stereocenters. The van der Waals surface area contributed by atoms with Crippen LogP contribution in [0.25, 0.3) is 0 Å². The molecule has 0 fully saturated rings. The maximum Gasteiger partial charge on any atom is 0.271 e. The van der Waals surface area contributed by atoms with Gasteiger partial charge in [0, 0.05) is 23.5 Å². The molecule has 0 unspecified atom stereocenters. The average Bonchev–Trinajstić information content (AvgIpc) is 3.00. The van der Waals surface area contributed by atoms with Crippen LogP contribution in [0.5, 0.6) is 0 Å². The number of carbonyl (C=O) groups is 1. The van der Waals surface area contributed by atoms with Gasteiger partial charge in [0.2, 0.25) is 0 Å². The highest BCUT2D eigenvalue weighted by molar-refractivity contribution is 7.10. The summed E-state index contributed by atoms with van der Waals surface area (Å²) in [5, 5.41) is 8.15. The number of nitrogens with one attached hydrogen (secondary N) is 1. The molecule has 2 heterocycles. The zero-order valence-electron chi connectivity index (χ0n) is 10.1. The van der Waals surface area contributed by atoms with Crippen LogP contribution in [0.2, 0.25) is 0 Å². The van der Waals surface area contributed by atoms with Crippen LogP contribution in [0.4, 0.5) is 0 Å². The summed E-state index contributed by atoms with van der Waals surface area (Å²) in [6.45, 7) is 4.19. The lowest BCUT2D eigenvalue weighted by Gasteiger charge is -2.23. The molecule has 2 aromatic rings. The van der Waals surface area contributed by atoms with E-state index in [9.17, 15) is 4.79 Å². The van der Waals surface area contributed by atoms with E-state index in [0.717, 1.165) is 10.0 Å². The Hall–Kier alpha value is -1.31. The van der Waals surface area contributed by atoms with Gasteiger partial charge in [-0.15, -0.1) is 22.7 Å². The monoisotopic (exact) mass is 282 g/mol. The highest BCUT2D eigenvalue weighted by Crippen LogP contribution is 2.22. The second-order valence-corrected chi connectivity index (χ2v) is 6.08. The Morgan fingerprint density at radius 2 is 2.28 bits per heavy atom. The molecule has 0 saturated carbocycles. The number of nitrogens with two attached hydrogens (primary N) is 1. The standard InChI is InChI=1S/C11H14N4OS2/c1-11(2,10-13-3-4-17-10)15-9(16)7-6-18-8(5-12)14-7/h3-4,6H,5,12H2,1-2H3,(H,15,16). The molecule has 0 bridgehead atoms. The Balaban J connectivity index is 2.11. The fraction of sp³-hybridized carbons (Fsp3) is 0.364. The van der Waals surface area contributed by atoms with Crippen molar-refractivity contribution >= 4 is 28.6 Å². The van der Waals surface area contributed by atoms with Gasteiger partial charge in [-0.25, -0.2) is 9.97 Å². The summed E-state index contributed by atoms with van der Waals surface area (Å²) in [6, 6.07) is 0. The van der Waals surface area contributed by atoms with Gasteiger partial charge in [-0.1, -0.05) is 0 Å². The highest BCUT2D eigenvalue weighted by atomic mass is 32.1. The first kappa shape index (κ1) is 13.1. The fourth-order valence-electron chi connectivity index (χ4n) is 1.44. The normalized spacial score (nSPS) is 11.5. The molecule has 0 aliphatic heterocycles. The predicted molar refractivity (Wildman–Crippen MR) is 72.6 cm³/mol. The van der Waals surface area contributed by atoms with Gasteiger partial charge in [0.1, 0.15) is 15.7 Å². The first-order valence-corrected chi connectivity index (χ1v) is 7.16. The summed E-state index contributed by atoms with van der Waals surface area (Å²) >= 11 is 2.90. The lowest BCUT2D eigenvalue weighted by atomic mass is 10.1. The fourth-order valence-corrected chi connectivity index (χ4v) is 2.82. The van der Waals surface area contributed by atoms with Crippen LogP contribution in [0, 0.1) is 0 Å². The van der Waals surface area contributed by atoms with E-state index in [2.05, 4.69) is 15.3 Å². The van der Waals surface area contributed by atoms with Crippen LogP contribution < -0.4 is 11.1 Å². The Bertz CT molecular complexity index is 533. The maximum absolute atomic E-state index is 12.1. The van der Waals surface area contributed by atoms with Crippen molar-refractivity contribution in [1.29, 1.82) is 0 Å². The van der Waals surface area contributed by atoms with Gasteiger partial charge >= 0.3 is 0 Å². The molecule has 5 nitrogen and oxygen atoms in total. The molecule has 2 rings (SSSR count). The van der Waals surface area contributed by atoms with Crippen molar-refractivity contribution in [3.63, 3.8) is 0 Å². The molecule has 0 aliphatic rings. The van der Waals surface area contributed by atoms with Crippen LogP contribution in [0.3, 0.4) is 0 Å². The summed E-state index contributed by atoms with van der Waals surface area (Å²) in [7, 11) is 0. The van der Waals surface area contributed by atoms with Crippen LogP contribution in [0.1, 0.15) is 34.4 Å². The van der Waals surface area contributed by atoms with Crippen LogP contribution in [-0.2, 0) is 12.1 Å². The van der Waals surface area contributed by atoms with Gasteiger partial charge in [-0.05, 0) is 13.8 Å². The third kappa shape index (κ3) is 2.74. The molecule has 2 aromatic heterocycles. The first-order valence-electron chi connectivity index (χ1n) is 5.40. The second-order valence-electron chi connectivity index (χ2n) is 4.25. The van der Waals surface area contributed by atoms with E-state index in [4.69, 9.17) is 5.73 Å². The summed E-state index contributed by atoms with van der Waals surface area (Å²) < 4.78 is 0. The van der Waals surface area contributed by atoms with Crippen LogP contribution >= 0.6 is 22.7 Å². The van der Waals surface area contributed by atoms with Crippen molar-refractivity contribution in [1.82, 2.24) is 15.3 Å². The molecule has 0 radical (unpaired) electrons. The molecule has 0 saturated heterocycles. The minimum Gasteiger partial charge on any atom is -0.339 e. The van der Waals surface area contributed by atoms with Crippen molar-refractivity contribution < 1.29 is 4.79 Å². The largest absolute Gasteiger partial charge is 0.339 e. The predicted octanol–water partition coefficient (Wildman–Crippen LogP) is 1.72. The Morgan fingerprint density at radius 3 is 2.83 bits per heavy atom. The number of hydrogen-bond donors (Lipinski definition) is 2. The third-order valence-corrected chi connectivity index (χ3v) is 4.32. The highest BCUT2D eigenvalue weighted by Gasteiger charge is 2.26. The summed E-state index contributed by atoms with van der Waals surface area (Å²) in [5.74, 6) is -0.203. The Labute approximate surface area is 113 Å². The van der Waals surface area contributed by atoms with Gasteiger partial charge in [0.25, 0.3) is 5.91 Å². The number of hydrogen-bond acceptors (Lipinski definition) is 6. The number of aromatic nitrogens is 2. The van der Waals surface area contributed by atoms with E-state index in [0.29, 0.717) is 12.2 Å². The second kappa shape index (κ2) is 5.13. The quantitative estimate of drug-likeness (QED) is 0.894. The van der Waals surface area contributed by atoms with Crippen molar-refractivity contribution in [3.05, 3.63) is 32.7 Å². The molecule has 96 valence electrons. The first-order chi connectivity index (χ1) is 8.53. The van der Waals surface area contributed by atoms with E-state index in [1.54, 1.807) is 11.6 Å². The zero-order chi connectivity index (χ0) is 13.2. The van der Waals surface area contributed by atoms with Gasteiger partial charge < -0.3 is 11.1 Å². The molecule has 3 N–H and O–H groups in total. The Kier molecular flexibility index (Phi) is 3.74. The zero-order valence-corrected chi connectivity index (χ0v) is 11.8. The van der Waals surface area contributed by atoms with Crippen LogP contribution in [0.15, 0.2) is 17.0 Å². The molecule has 1 amide bonds. The minimum atomic E-state index is -0.502. The lowest BCUT2D eigenvalue weighted by Crippen LogP contribution is -2.41. The van der Waals surface area contributed by atoms with Gasteiger partial charge in [0.15, 0.2) is 0 Å². The molecular formula is C11H14N4OS2. The molecule has 18 heavy (non-hydrogen) atoms. The van der Waals surface area contributed by atoms with E-state index < -0.39 is 5.54 Å². The molecular weight excluding hydrogens is 268 g/mol. The van der Waals surface area contributed by atoms with Gasteiger partial charge in [0.05, 0.1) is 5.54 Å². The van der Waals surface area contributed by atoms with E-state index in [-0.39, 0.29) is 5.91 Å². The molecule has 7 heteroatoms. The molecule has 0 spiro atoms. The molecule has 0 aromatic carbocycles. The van der Waals surface area contributed by atoms with Crippen LogP contribution in [-0.4, -0.2) is 15.9 Å². The number of carbonyl (C=O) groups excluding carboxylic acids is 1. The number of amides is 1. The van der Waals surface area contributed by atoms with E-state index in [1.165, 1.54) is 22.7 Å². The summed E-state index contributed by atoms with van der Waals surface area (Å²) in [6.07, 6.45) is 1.73. The van der Waals surface area contributed by atoms with Crippen molar-refractivity contribution in [2.24, 2.45) is 5.73 Å². The van der Waals surface area contributed by atoms with E-state index >= 15 is 0 Å². The topological polar surface area (TPSA) is 80.9 Å². The summed E-state index contributed by atoms with van der Waals surface area (Å²) in [4.78, 5) is 20.4. The number of nitrogens with zero attached hydrogens (tertiary/aromatic N) is 2. The lowest BCUT2D eigenvalue weighted by molar-refractivity contribution is 0.0907. The summed E-state index contributed by atoms with van der Waals surface area (Å²) in [5.41, 5.74) is 5.38. The van der Waals surface area contributed by atoms with Crippen molar-refractivity contribution in [2.75, 3.05) is 0 Å². The number of rotatable bonds is 4. The van der Waals surface area contributed by atoms with Gasteiger partial charge in [-0.2, -0.15) is 0 Å². The maximum atomic E-state index is 12.1.